The minimum absolute atomic E-state index is 0.113. The average molecular weight is 466 g/mol. The van der Waals surface area contributed by atoms with Crippen LogP contribution in [0.4, 0.5) is 9.93 Å². The molecular weight excluding hydrogens is 446 g/mol. The van der Waals surface area contributed by atoms with Gasteiger partial charge in [0.1, 0.15) is 15.9 Å². The minimum Gasteiger partial charge on any atom is -0.347 e. The molecule has 162 valence electrons. The number of carbonyl (C=O) groups is 2. The number of hydrogen-bond donors (Lipinski definition) is 1. The fourth-order valence-corrected chi connectivity index (χ4v) is 5.05. The number of amides is 3. The monoisotopic (exact) mass is 465 g/mol. The third-order valence-electron chi connectivity index (χ3n) is 5.18. The zero-order valence-corrected chi connectivity index (χ0v) is 18.8. The minimum atomic E-state index is -0.205. The highest BCUT2D eigenvalue weighted by Crippen LogP contribution is 2.29. The maximum absolute atomic E-state index is 13.0. The standard InChI is InChI=1S/C21H19N7O2S2/c1-13-18(19(29)23-11-15-3-2-6-22-10-15)31-20(24-13)28-8-7-27(21(28)30)12-14-4-5-16-17(9-14)26-32-25-16/h2-6,9-10H,7-8,11-12H2,1H3,(H,23,29). The molecule has 0 atom stereocenters. The summed E-state index contributed by atoms with van der Waals surface area (Å²) in [7, 11) is 0. The molecule has 32 heavy (non-hydrogen) atoms. The number of fused-ring (bicyclic) bond motifs is 1. The van der Waals surface area contributed by atoms with Crippen molar-refractivity contribution in [3.63, 3.8) is 0 Å². The van der Waals surface area contributed by atoms with E-state index in [1.807, 2.05) is 30.3 Å². The summed E-state index contributed by atoms with van der Waals surface area (Å²) in [6.07, 6.45) is 3.40. The van der Waals surface area contributed by atoms with E-state index in [-0.39, 0.29) is 11.9 Å². The maximum atomic E-state index is 13.0. The van der Waals surface area contributed by atoms with Crippen molar-refractivity contribution >= 4 is 51.2 Å². The Kier molecular flexibility index (Phi) is 5.50. The number of hydrogen-bond acceptors (Lipinski definition) is 8. The van der Waals surface area contributed by atoms with E-state index in [1.54, 1.807) is 29.1 Å². The number of pyridine rings is 1. The normalized spacial score (nSPS) is 13.8. The average Bonchev–Trinajstić information content (AvgIpc) is 3.52. The highest BCUT2D eigenvalue weighted by Gasteiger charge is 2.32. The molecule has 5 rings (SSSR count). The largest absolute Gasteiger partial charge is 0.347 e. The van der Waals surface area contributed by atoms with Gasteiger partial charge in [0.15, 0.2) is 5.13 Å². The van der Waals surface area contributed by atoms with Crippen molar-refractivity contribution in [2.45, 2.75) is 20.0 Å². The molecule has 0 radical (unpaired) electrons. The summed E-state index contributed by atoms with van der Waals surface area (Å²) in [6.45, 7) is 3.78. The molecule has 0 aliphatic carbocycles. The first-order chi connectivity index (χ1) is 15.6. The van der Waals surface area contributed by atoms with Gasteiger partial charge in [-0.1, -0.05) is 23.5 Å². The fraction of sp³-hybridized carbons (Fsp3) is 0.238. The molecule has 1 aliphatic rings. The van der Waals surface area contributed by atoms with Crippen LogP contribution in [0, 0.1) is 6.92 Å². The summed E-state index contributed by atoms with van der Waals surface area (Å²) >= 11 is 2.42. The van der Waals surface area contributed by atoms with Gasteiger partial charge in [-0.05, 0) is 36.2 Å². The van der Waals surface area contributed by atoms with Gasteiger partial charge >= 0.3 is 6.03 Å². The van der Waals surface area contributed by atoms with Crippen LogP contribution in [0.3, 0.4) is 0 Å². The molecule has 11 heteroatoms. The van der Waals surface area contributed by atoms with Crippen molar-refractivity contribution in [1.82, 2.24) is 28.9 Å². The summed E-state index contributed by atoms with van der Waals surface area (Å²) < 4.78 is 8.48. The number of nitrogens with zero attached hydrogens (tertiary/aromatic N) is 6. The van der Waals surface area contributed by atoms with E-state index < -0.39 is 0 Å². The van der Waals surface area contributed by atoms with E-state index in [0.717, 1.165) is 22.2 Å². The Morgan fingerprint density at radius 2 is 2.03 bits per heavy atom. The predicted octanol–water partition coefficient (Wildman–Crippen LogP) is 3.22. The molecule has 1 N–H and O–H groups in total. The van der Waals surface area contributed by atoms with Crippen molar-refractivity contribution in [3.05, 3.63) is 64.4 Å². The van der Waals surface area contributed by atoms with Gasteiger partial charge in [0.05, 0.1) is 17.4 Å². The van der Waals surface area contributed by atoms with E-state index in [0.29, 0.717) is 41.9 Å². The van der Waals surface area contributed by atoms with Gasteiger partial charge in [0.25, 0.3) is 5.91 Å². The highest BCUT2D eigenvalue weighted by molar-refractivity contribution is 7.17. The SMILES string of the molecule is Cc1nc(N2CCN(Cc3ccc4nsnc4c3)C2=O)sc1C(=O)NCc1cccnc1. The highest BCUT2D eigenvalue weighted by atomic mass is 32.1. The summed E-state index contributed by atoms with van der Waals surface area (Å²) in [6, 6.07) is 9.47. The molecule has 0 unspecified atom stereocenters. The lowest BCUT2D eigenvalue weighted by Crippen LogP contribution is -2.31. The molecule has 1 aromatic carbocycles. The third-order valence-corrected chi connectivity index (χ3v) is 6.92. The molecule has 3 amide bonds. The number of benzene rings is 1. The van der Waals surface area contributed by atoms with Crippen molar-refractivity contribution < 1.29 is 9.59 Å². The Hall–Kier alpha value is -3.44. The second kappa shape index (κ2) is 8.60. The quantitative estimate of drug-likeness (QED) is 0.469. The van der Waals surface area contributed by atoms with Crippen LogP contribution in [-0.2, 0) is 13.1 Å². The Labute approximate surface area is 192 Å². The zero-order valence-electron chi connectivity index (χ0n) is 17.2. The number of nitrogens with one attached hydrogen (secondary N) is 1. The number of thiazole rings is 1. The van der Waals surface area contributed by atoms with E-state index in [9.17, 15) is 9.59 Å². The number of anilines is 1. The maximum Gasteiger partial charge on any atom is 0.326 e. The lowest BCUT2D eigenvalue weighted by molar-refractivity contribution is 0.0954. The number of rotatable bonds is 6. The summed E-state index contributed by atoms with van der Waals surface area (Å²) in [5, 5.41) is 3.43. The molecule has 3 aromatic heterocycles. The molecule has 1 fully saturated rings. The van der Waals surface area contributed by atoms with Gasteiger partial charge < -0.3 is 10.2 Å². The van der Waals surface area contributed by atoms with Crippen molar-refractivity contribution in [1.29, 1.82) is 0 Å². The Balaban J connectivity index is 1.26. The Bertz CT molecular complexity index is 1290. The van der Waals surface area contributed by atoms with E-state index >= 15 is 0 Å². The van der Waals surface area contributed by atoms with E-state index in [1.165, 1.54) is 23.1 Å². The van der Waals surface area contributed by atoms with Crippen LogP contribution in [0.1, 0.15) is 26.5 Å². The molecule has 4 aromatic rings. The summed E-state index contributed by atoms with van der Waals surface area (Å²) in [5.74, 6) is -0.205. The van der Waals surface area contributed by atoms with Gasteiger partial charge in [0, 0.05) is 38.6 Å². The Morgan fingerprint density at radius 3 is 2.88 bits per heavy atom. The van der Waals surface area contributed by atoms with Crippen molar-refractivity contribution in [3.8, 4) is 0 Å². The fourth-order valence-electron chi connectivity index (χ4n) is 3.53. The smallest absolute Gasteiger partial charge is 0.326 e. The van der Waals surface area contributed by atoms with Crippen molar-refractivity contribution in [2.24, 2.45) is 0 Å². The van der Waals surface area contributed by atoms with Gasteiger partial charge in [0.2, 0.25) is 0 Å². The van der Waals surface area contributed by atoms with Crippen LogP contribution in [-0.4, -0.2) is 48.6 Å². The van der Waals surface area contributed by atoms with Crippen LogP contribution in [0.25, 0.3) is 11.0 Å². The molecule has 0 saturated carbocycles. The van der Waals surface area contributed by atoms with Gasteiger partial charge in [-0.3, -0.25) is 14.7 Å². The molecular formula is C21H19N7O2S2. The topological polar surface area (TPSA) is 104 Å². The second-order valence-corrected chi connectivity index (χ2v) is 8.90. The first kappa shape index (κ1) is 20.5. The van der Waals surface area contributed by atoms with Crippen molar-refractivity contribution in [2.75, 3.05) is 18.0 Å². The Morgan fingerprint density at radius 1 is 1.16 bits per heavy atom. The number of urea groups is 1. The first-order valence-corrected chi connectivity index (χ1v) is 11.6. The van der Waals surface area contributed by atoms with E-state index in [4.69, 9.17) is 0 Å². The summed E-state index contributed by atoms with van der Waals surface area (Å²) in [4.78, 5) is 38.1. The van der Waals surface area contributed by atoms with Gasteiger partial charge in [-0.25, -0.2) is 9.78 Å². The van der Waals surface area contributed by atoms with Crippen LogP contribution in [0.5, 0.6) is 0 Å². The van der Waals surface area contributed by atoms with E-state index in [2.05, 4.69) is 24.0 Å². The van der Waals surface area contributed by atoms with Crippen LogP contribution >= 0.6 is 23.1 Å². The number of aromatic nitrogens is 4. The van der Waals surface area contributed by atoms with Gasteiger partial charge in [-0.2, -0.15) is 8.75 Å². The zero-order chi connectivity index (χ0) is 22.1. The first-order valence-electron chi connectivity index (χ1n) is 10.0. The molecule has 1 aliphatic heterocycles. The second-order valence-electron chi connectivity index (χ2n) is 7.40. The lowest BCUT2D eigenvalue weighted by Gasteiger charge is -2.16. The predicted molar refractivity (Wildman–Crippen MR) is 123 cm³/mol. The van der Waals surface area contributed by atoms with Gasteiger partial charge in [-0.15, -0.1) is 0 Å². The number of aryl methyl sites for hydroxylation is 1. The molecule has 0 spiro atoms. The van der Waals surface area contributed by atoms with Crippen LogP contribution in [0.15, 0.2) is 42.7 Å². The van der Waals surface area contributed by atoms with Crippen LogP contribution in [0.2, 0.25) is 0 Å². The molecule has 9 nitrogen and oxygen atoms in total. The lowest BCUT2D eigenvalue weighted by atomic mass is 10.2. The number of carbonyl (C=O) groups excluding carboxylic acids is 2. The van der Waals surface area contributed by atoms with Crippen LogP contribution < -0.4 is 10.2 Å². The summed E-state index contributed by atoms with van der Waals surface area (Å²) in [5.41, 5.74) is 4.24. The molecule has 4 heterocycles. The molecule has 0 bridgehead atoms. The third kappa shape index (κ3) is 4.04. The molecule has 1 saturated heterocycles.